The van der Waals surface area contributed by atoms with Gasteiger partial charge in [0.15, 0.2) is 0 Å². The number of hydrogen-bond acceptors (Lipinski definition) is 3. The van der Waals surface area contributed by atoms with E-state index in [1.165, 1.54) is 5.56 Å². The van der Waals surface area contributed by atoms with Crippen molar-refractivity contribution < 1.29 is 13.6 Å². The molecule has 2 rings (SSSR count). The predicted molar refractivity (Wildman–Crippen MR) is 101 cm³/mol. The first-order chi connectivity index (χ1) is 10.9. The Hall–Kier alpha value is -0.950. The molecular formula is C17H27Cl2F2N3O. The minimum atomic E-state index is -2.79. The molecule has 1 aliphatic heterocycles. The third kappa shape index (κ3) is 7.44. The molecule has 1 aromatic carbocycles. The molecule has 0 aliphatic carbocycles. The fourth-order valence-electron chi connectivity index (χ4n) is 2.76. The summed E-state index contributed by atoms with van der Waals surface area (Å²) in [5, 5.41) is 5.31. The first-order valence-electron chi connectivity index (χ1n) is 8.12. The van der Waals surface area contributed by atoms with Crippen LogP contribution in [0.15, 0.2) is 24.3 Å². The summed E-state index contributed by atoms with van der Waals surface area (Å²) in [6.07, 6.45) is -0.430. The lowest BCUT2D eigenvalue weighted by molar-refractivity contribution is -0.123. The zero-order valence-corrected chi connectivity index (χ0v) is 16.2. The van der Waals surface area contributed by atoms with Crippen LogP contribution >= 0.6 is 24.8 Å². The molecule has 4 nitrogen and oxygen atoms in total. The maximum absolute atomic E-state index is 13.1. The number of hydrogen-bond donors (Lipinski definition) is 2. The zero-order chi connectivity index (χ0) is 16.9. The van der Waals surface area contributed by atoms with Crippen molar-refractivity contribution in [3.8, 4) is 0 Å². The molecule has 0 spiro atoms. The van der Waals surface area contributed by atoms with Crippen LogP contribution in [0.4, 0.5) is 8.78 Å². The van der Waals surface area contributed by atoms with E-state index in [9.17, 15) is 13.6 Å². The van der Waals surface area contributed by atoms with Gasteiger partial charge >= 0.3 is 0 Å². The van der Waals surface area contributed by atoms with Gasteiger partial charge in [-0.15, -0.1) is 24.8 Å². The van der Waals surface area contributed by atoms with E-state index in [-0.39, 0.29) is 30.7 Å². The Balaban J connectivity index is 0.00000288. The number of halogens is 4. The average Bonchev–Trinajstić information content (AvgIpc) is 2.91. The minimum Gasteiger partial charge on any atom is -0.351 e. The molecule has 0 aromatic heterocycles. The number of nitrogens with zero attached hydrogens (tertiary/aromatic N) is 1. The zero-order valence-electron chi connectivity index (χ0n) is 14.6. The number of alkyl halides is 2. The van der Waals surface area contributed by atoms with E-state index in [4.69, 9.17) is 0 Å². The molecule has 1 aliphatic rings. The minimum absolute atomic E-state index is 0. The maximum atomic E-state index is 13.1. The Morgan fingerprint density at radius 1 is 1.28 bits per heavy atom. The molecule has 1 unspecified atom stereocenters. The summed E-state index contributed by atoms with van der Waals surface area (Å²) in [4.78, 5) is 14.3. The third-order valence-corrected chi connectivity index (χ3v) is 4.19. The van der Waals surface area contributed by atoms with E-state index in [2.05, 4.69) is 41.5 Å². The van der Waals surface area contributed by atoms with Crippen LogP contribution in [0, 0.1) is 0 Å². The van der Waals surface area contributed by atoms with Crippen molar-refractivity contribution in [3.63, 3.8) is 0 Å². The van der Waals surface area contributed by atoms with Gasteiger partial charge in [-0.05, 0) is 24.2 Å². The molecular weight excluding hydrogens is 371 g/mol. The second-order valence-electron chi connectivity index (χ2n) is 5.99. The van der Waals surface area contributed by atoms with Crippen molar-refractivity contribution in [1.82, 2.24) is 15.5 Å². The highest BCUT2D eigenvalue weighted by Crippen LogP contribution is 2.25. The van der Waals surface area contributed by atoms with Crippen LogP contribution in [-0.2, 0) is 17.9 Å². The van der Waals surface area contributed by atoms with Crippen molar-refractivity contribution in [2.45, 2.75) is 45.3 Å². The first-order valence-corrected chi connectivity index (χ1v) is 8.12. The Bertz CT molecular complexity index is 542. The van der Waals surface area contributed by atoms with E-state index < -0.39 is 24.9 Å². The third-order valence-electron chi connectivity index (χ3n) is 4.19. The van der Waals surface area contributed by atoms with E-state index in [0.29, 0.717) is 6.54 Å². The molecule has 2 N–H and O–H groups in total. The van der Waals surface area contributed by atoms with E-state index >= 15 is 0 Å². The van der Waals surface area contributed by atoms with Gasteiger partial charge in [0.25, 0.3) is 5.92 Å². The monoisotopic (exact) mass is 397 g/mol. The summed E-state index contributed by atoms with van der Waals surface area (Å²) in [6.45, 7) is 7.01. The van der Waals surface area contributed by atoms with Crippen LogP contribution in [0.1, 0.15) is 31.4 Å². The van der Waals surface area contributed by atoms with Crippen LogP contribution < -0.4 is 10.6 Å². The molecule has 1 aromatic rings. The Labute approximate surface area is 160 Å². The second kappa shape index (κ2) is 10.9. The molecule has 144 valence electrons. The SMILES string of the molecule is CCN(CC)Cc1cccc(CNC(=O)C2CC(F)(F)CN2)c1.Cl.Cl. The van der Waals surface area contributed by atoms with Gasteiger partial charge in [0.2, 0.25) is 5.91 Å². The van der Waals surface area contributed by atoms with Crippen molar-refractivity contribution in [3.05, 3.63) is 35.4 Å². The summed E-state index contributed by atoms with van der Waals surface area (Å²) in [7, 11) is 0. The van der Waals surface area contributed by atoms with Crippen LogP contribution in [-0.4, -0.2) is 42.4 Å². The Morgan fingerprint density at radius 3 is 2.48 bits per heavy atom. The molecule has 1 atom stereocenters. The molecule has 1 amide bonds. The molecule has 8 heteroatoms. The Kier molecular flexibility index (Phi) is 10.5. The number of carbonyl (C=O) groups excluding carboxylic acids is 1. The normalized spacial score (nSPS) is 18.4. The summed E-state index contributed by atoms with van der Waals surface area (Å²) in [6, 6.07) is 7.20. The fourth-order valence-corrected chi connectivity index (χ4v) is 2.76. The number of rotatable bonds is 7. The van der Waals surface area contributed by atoms with Gasteiger partial charge in [-0.1, -0.05) is 38.1 Å². The standard InChI is InChI=1S/C17H25F2N3O.2ClH/c1-3-22(4-2)11-14-7-5-6-13(8-14)10-20-16(23)15-9-17(18,19)12-21-15;;/h5-8,15,21H,3-4,9-12H2,1-2H3,(H,20,23);2*1H. The largest absolute Gasteiger partial charge is 0.351 e. The summed E-state index contributed by atoms with van der Waals surface area (Å²) in [5.41, 5.74) is 2.17. The molecule has 1 heterocycles. The van der Waals surface area contributed by atoms with E-state index in [1.807, 2.05) is 12.1 Å². The van der Waals surface area contributed by atoms with Crippen molar-refractivity contribution in [2.24, 2.45) is 0 Å². The van der Waals surface area contributed by atoms with E-state index in [1.54, 1.807) is 0 Å². The molecule has 1 saturated heterocycles. The summed E-state index contributed by atoms with van der Waals surface area (Å²) >= 11 is 0. The van der Waals surface area contributed by atoms with Gasteiger partial charge < -0.3 is 5.32 Å². The van der Waals surface area contributed by atoms with Crippen LogP contribution in [0.5, 0.6) is 0 Å². The molecule has 0 bridgehead atoms. The van der Waals surface area contributed by atoms with Gasteiger partial charge in [-0.3, -0.25) is 15.0 Å². The summed E-state index contributed by atoms with van der Waals surface area (Å²) in [5.74, 6) is -3.15. The maximum Gasteiger partial charge on any atom is 0.262 e. The van der Waals surface area contributed by atoms with Gasteiger partial charge in [-0.25, -0.2) is 8.78 Å². The molecule has 1 fully saturated rings. The predicted octanol–water partition coefficient (Wildman–Crippen LogP) is 2.99. The Morgan fingerprint density at radius 2 is 1.92 bits per heavy atom. The molecule has 0 saturated carbocycles. The number of benzene rings is 1. The first kappa shape index (κ1) is 24.1. The van der Waals surface area contributed by atoms with Crippen LogP contribution in [0.25, 0.3) is 0 Å². The second-order valence-corrected chi connectivity index (χ2v) is 5.99. The number of carbonyl (C=O) groups is 1. The quantitative estimate of drug-likeness (QED) is 0.743. The van der Waals surface area contributed by atoms with E-state index in [0.717, 1.165) is 25.2 Å². The van der Waals surface area contributed by atoms with Gasteiger partial charge in [0.1, 0.15) is 0 Å². The van der Waals surface area contributed by atoms with Crippen molar-refractivity contribution >= 4 is 30.7 Å². The van der Waals surface area contributed by atoms with Crippen molar-refractivity contribution in [2.75, 3.05) is 19.6 Å². The average molecular weight is 398 g/mol. The summed E-state index contributed by atoms with van der Waals surface area (Å²) < 4.78 is 26.2. The van der Waals surface area contributed by atoms with Crippen LogP contribution in [0.2, 0.25) is 0 Å². The smallest absolute Gasteiger partial charge is 0.262 e. The van der Waals surface area contributed by atoms with Gasteiger partial charge in [0.05, 0.1) is 12.6 Å². The molecule has 0 radical (unpaired) electrons. The van der Waals surface area contributed by atoms with Crippen molar-refractivity contribution in [1.29, 1.82) is 0 Å². The highest BCUT2D eigenvalue weighted by Gasteiger charge is 2.42. The number of nitrogens with one attached hydrogen (secondary N) is 2. The number of amides is 1. The van der Waals surface area contributed by atoms with Gasteiger partial charge in [0, 0.05) is 19.5 Å². The highest BCUT2D eigenvalue weighted by atomic mass is 35.5. The lowest BCUT2D eigenvalue weighted by atomic mass is 10.1. The lowest BCUT2D eigenvalue weighted by Crippen LogP contribution is -2.40. The fraction of sp³-hybridized carbons (Fsp3) is 0.588. The molecule has 25 heavy (non-hydrogen) atoms. The topological polar surface area (TPSA) is 44.4 Å². The van der Waals surface area contributed by atoms with Crippen LogP contribution in [0.3, 0.4) is 0 Å². The van der Waals surface area contributed by atoms with Gasteiger partial charge in [-0.2, -0.15) is 0 Å². The lowest BCUT2D eigenvalue weighted by Gasteiger charge is -2.18. The highest BCUT2D eigenvalue weighted by molar-refractivity contribution is 5.85.